The number of halogens is 3. The van der Waals surface area contributed by atoms with Crippen LogP contribution in [-0.4, -0.2) is 31.7 Å². The molecule has 1 aromatic heterocycles. The third-order valence-corrected chi connectivity index (χ3v) is 6.78. The molecule has 6 nitrogen and oxygen atoms in total. The predicted molar refractivity (Wildman–Crippen MR) is 101 cm³/mol. The summed E-state index contributed by atoms with van der Waals surface area (Å²) in [6.07, 6.45) is 2.62. The summed E-state index contributed by atoms with van der Waals surface area (Å²) in [5, 5.41) is 2.93. The van der Waals surface area contributed by atoms with Crippen LogP contribution in [-0.2, 0) is 10.0 Å². The normalized spacial score (nSPS) is 15.8. The van der Waals surface area contributed by atoms with Crippen LogP contribution >= 0.6 is 34.8 Å². The number of benzene rings is 1. The van der Waals surface area contributed by atoms with Gasteiger partial charge in [-0.25, -0.2) is 8.42 Å². The molecule has 0 bridgehead atoms. The molecule has 1 aromatic carbocycles. The molecule has 1 amide bonds. The summed E-state index contributed by atoms with van der Waals surface area (Å²) in [5.41, 5.74) is 0.239. The van der Waals surface area contributed by atoms with E-state index in [1.807, 2.05) is 0 Å². The summed E-state index contributed by atoms with van der Waals surface area (Å²) in [5.74, 6) is -0.798. The highest BCUT2D eigenvalue weighted by atomic mass is 35.5. The quantitative estimate of drug-likeness (QED) is 0.705. The first-order valence-corrected chi connectivity index (χ1v) is 10.4. The predicted octanol–water partition coefficient (Wildman–Crippen LogP) is 4.67. The number of nitrogens with zero attached hydrogens (tertiary/aromatic N) is 1. The summed E-state index contributed by atoms with van der Waals surface area (Å²) in [4.78, 5) is 12.3. The van der Waals surface area contributed by atoms with Crippen molar-refractivity contribution < 1.29 is 17.6 Å². The van der Waals surface area contributed by atoms with Gasteiger partial charge in [0.25, 0.3) is 15.9 Å². The fraction of sp³-hybridized carbons (Fsp3) is 0.312. The van der Waals surface area contributed by atoms with Crippen molar-refractivity contribution in [3.8, 4) is 0 Å². The van der Waals surface area contributed by atoms with Crippen molar-refractivity contribution in [2.45, 2.75) is 24.4 Å². The zero-order chi connectivity index (χ0) is 18.9. The number of carbonyl (C=O) groups excluding carboxylic acids is 1. The van der Waals surface area contributed by atoms with E-state index in [2.05, 4.69) is 5.32 Å². The molecule has 2 aromatic rings. The lowest BCUT2D eigenvalue weighted by Gasteiger charge is -2.24. The van der Waals surface area contributed by atoms with E-state index in [1.165, 1.54) is 28.6 Å². The molecule has 0 unspecified atom stereocenters. The van der Waals surface area contributed by atoms with E-state index in [9.17, 15) is 13.2 Å². The molecule has 1 fully saturated rings. The molecule has 0 aliphatic carbocycles. The van der Waals surface area contributed by atoms with Gasteiger partial charge < -0.3 is 9.73 Å². The summed E-state index contributed by atoms with van der Waals surface area (Å²) in [6.45, 7) is 0.896. The molecule has 0 atom stereocenters. The van der Waals surface area contributed by atoms with Gasteiger partial charge in [0.05, 0.1) is 20.8 Å². The van der Waals surface area contributed by atoms with Crippen molar-refractivity contribution in [1.82, 2.24) is 4.31 Å². The lowest BCUT2D eigenvalue weighted by Crippen LogP contribution is -2.35. The second-order valence-corrected chi connectivity index (χ2v) is 8.87. The lowest BCUT2D eigenvalue weighted by atomic mass is 10.2. The van der Waals surface area contributed by atoms with Gasteiger partial charge in [-0.3, -0.25) is 4.79 Å². The minimum atomic E-state index is -3.75. The van der Waals surface area contributed by atoms with E-state index in [0.29, 0.717) is 13.1 Å². The average Bonchev–Trinajstić information content (AvgIpc) is 3.11. The highest BCUT2D eigenvalue weighted by Gasteiger charge is 2.29. The number of amides is 1. The van der Waals surface area contributed by atoms with Crippen LogP contribution in [0.3, 0.4) is 0 Å². The Balaban J connectivity index is 1.79. The molecule has 10 heteroatoms. The topological polar surface area (TPSA) is 79.6 Å². The maximum Gasteiger partial charge on any atom is 0.291 e. The Morgan fingerprint density at radius 1 is 1.00 bits per heavy atom. The van der Waals surface area contributed by atoms with Crippen LogP contribution < -0.4 is 5.32 Å². The highest BCUT2D eigenvalue weighted by Crippen LogP contribution is 2.32. The molecule has 0 radical (unpaired) electrons. The standard InChI is InChI=1S/C16H15Cl3N2O4S/c17-10-8-12(19)13(9-11(10)18)20-16(22)14-4-5-15(25-14)26(23,24)21-6-2-1-3-7-21/h4-5,8-9H,1-3,6-7H2,(H,20,22). The van der Waals surface area contributed by atoms with Gasteiger partial charge in [-0.05, 0) is 37.1 Å². The average molecular weight is 438 g/mol. The largest absolute Gasteiger partial charge is 0.438 e. The Hall–Kier alpha value is -1.25. The summed E-state index contributed by atoms with van der Waals surface area (Å²) in [6, 6.07) is 5.38. The SMILES string of the molecule is O=C(Nc1cc(Cl)c(Cl)cc1Cl)c1ccc(S(=O)(=O)N2CCCCC2)o1. The van der Waals surface area contributed by atoms with Crippen molar-refractivity contribution in [1.29, 1.82) is 0 Å². The van der Waals surface area contributed by atoms with Crippen LogP contribution in [0.5, 0.6) is 0 Å². The van der Waals surface area contributed by atoms with Crippen molar-refractivity contribution in [3.05, 3.63) is 45.1 Å². The smallest absolute Gasteiger partial charge is 0.291 e. The Morgan fingerprint density at radius 2 is 1.65 bits per heavy atom. The number of hydrogen-bond acceptors (Lipinski definition) is 4. The van der Waals surface area contributed by atoms with E-state index in [1.54, 1.807) is 0 Å². The molecular formula is C16H15Cl3N2O4S. The van der Waals surface area contributed by atoms with Crippen molar-refractivity contribution in [3.63, 3.8) is 0 Å². The first-order valence-electron chi connectivity index (χ1n) is 7.85. The fourth-order valence-electron chi connectivity index (χ4n) is 2.62. The van der Waals surface area contributed by atoms with Gasteiger partial charge in [0.2, 0.25) is 5.09 Å². The zero-order valence-corrected chi connectivity index (χ0v) is 16.6. The van der Waals surface area contributed by atoms with E-state index in [0.717, 1.165) is 19.3 Å². The van der Waals surface area contributed by atoms with Crippen LogP contribution in [0, 0.1) is 0 Å². The van der Waals surface area contributed by atoms with Crippen LogP contribution in [0.25, 0.3) is 0 Å². The number of piperidine rings is 1. The molecular weight excluding hydrogens is 423 g/mol. The fourth-order valence-corrected chi connectivity index (χ4v) is 4.64. The number of rotatable bonds is 4. The molecule has 1 aliphatic heterocycles. The molecule has 0 saturated carbocycles. The summed E-state index contributed by atoms with van der Waals surface area (Å²) in [7, 11) is -3.75. The number of anilines is 1. The molecule has 140 valence electrons. The van der Waals surface area contributed by atoms with Gasteiger partial charge in [0.1, 0.15) is 0 Å². The van der Waals surface area contributed by atoms with Crippen molar-refractivity contribution >= 4 is 56.4 Å². The maximum atomic E-state index is 12.6. The molecule has 3 rings (SSSR count). The third kappa shape index (κ3) is 4.02. The second kappa shape index (κ2) is 7.78. The number of sulfonamides is 1. The third-order valence-electron chi connectivity index (χ3n) is 3.97. The number of hydrogen-bond donors (Lipinski definition) is 1. The molecule has 2 heterocycles. The summed E-state index contributed by atoms with van der Waals surface area (Å²) < 4.78 is 31.8. The van der Waals surface area contributed by atoms with Crippen molar-refractivity contribution in [2.75, 3.05) is 18.4 Å². The van der Waals surface area contributed by atoms with Gasteiger partial charge in [-0.1, -0.05) is 41.2 Å². The molecule has 26 heavy (non-hydrogen) atoms. The highest BCUT2D eigenvalue weighted by molar-refractivity contribution is 7.89. The zero-order valence-electron chi connectivity index (χ0n) is 13.5. The van der Waals surface area contributed by atoms with Gasteiger partial charge in [-0.2, -0.15) is 4.31 Å². The van der Waals surface area contributed by atoms with E-state index < -0.39 is 15.9 Å². The minimum absolute atomic E-state index is 0.150. The van der Waals surface area contributed by atoms with Crippen molar-refractivity contribution in [2.24, 2.45) is 0 Å². The second-order valence-electron chi connectivity index (χ2n) is 5.78. The van der Waals surface area contributed by atoms with Crippen LogP contribution in [0.15, 0.2) is 33.8 Å². The first-order chi connectivity index (χ1) is 12.3. The van der Waals surface area contributed by atoms with E-state index in [-0.39, 0.29) is 31.6 Å². The maximum absolute atomic E-state index is 12.6. The number of carbonyl (C=O) groups is 1. The van der Waals surface area contributed by atoms with E-state index >= 15 is 0 Å². The Kier molecular flexibility index (Phi) is 5.84. The van der Waals surface area contributed by atoms with Crippen LogP contribution in [0.2, 0.25) is 15.1 Å². The van der Waals surface area contributed by atoms with Crippen LogP contribution in [0.4, 0.5) is 5.69 Å². The van der Waals surface area contributed by atoms with Crippen LogP contribution in [0.1, 0.15) is 29.8 Å². The number of furan rings is 1. The molecule has 1 aliphatic rings. The Morgan fingerprint density at radius 3 is 2.35 bits per heavy atom. The van der Waals surface area contributed by atoms with E-state index in [4.69, 9.17) is 39.2 Å². The Bertz CT molecular complexity index is 937. The first kappa shape index (κ1) is 19.5. The van der Waals surface area contributed by atoms with Gasteiger partial charge in [0.15, 0.2) is 5.76 Å². The van der Waals surface area contributed by atoms with Gasteiger partial charge in [0, 0.05) is 13.1 Å². The van der Waals surface area contributed by atoms with Gasteiger partial charge >= 0.3 is 0 Å². The summed E-state index contributed by atoms with van der Waals surface area (Å²) >= 11 is 17.8. The number of nitrogens with one attached hydrogen (secondary N) is 1. The minimum Gasteiger partial charge on any atom is -0.438 e. The molecule has 1 saturated heterocycles. The lowest BCUT2D eigenvalue weighted by molar-refractivity contribution is 0.0991. The molecule has 1 N–H and O–H groups in total. The Labute approximate surface area is 166 Å². The molecule has 0 spiro atoms. The van der Waals surface area contributed by atoms with Gasteiger partial charge in [-0.15, -0.1) is 0 Å². The monoisotopic (exact) mass is 436 g/mol.